The molecule has 0 aliphatic rings. The van der Waals surface area contributed by atoms with Gasteiger partial charge in [-0.25, -0.2) is 4.68 Å². The fraction of sp³-hybridized carbons (Fsp3) is 0.250. The molecular weight excluding hydrogens is 364 g/mol. The van der Waals surface area contributed by atoms with Gasteiger partial charge in [-0.1, -0.05) is 35.9 Å². The smallest absolute Gasteiger partial charge is 0.274 e. The quantitative estimate of drug-likeness (QED) is 0.669. The largest absolute Gasteiger partial charge is 0.494 e. The van der Waals surface area contributed by atoms with Crippen LogP contribution in [0.15, 0.2) is 48.5 Å². The molecule has 6 nitrogen and oxygen atoms in total. The first kappa shape index (κ1) is 18.9. The van der Waals surface area contributed by atoms with E-state index in [1.54, 1.807) is 16.8 Å². The summed E-state index contributed by atoms with van der Waals surface area (Å²) in [6.07, 6.45) is 0.966. The third-order valence-electron chi connectivity index (χ3n) is 4.03. The van der Waals surface area contributed by atoms with Gasteiger partial charge in [0.1, 0.15) is 5.75 Å². The number of carbonyl (C=O) groups excluding carboxylic acids is 1. The van der Waals surface area contributed by atoms with E-state index < -0.39 is 0 Å². The van der Waals surface area contributed by atoms with E-state index in [1.807, 2.05) is 43.3 Å². The van der Waals surface area contributed by atoms with Crippen LogP contribution in [0.5, 0.6) is 5.75 Å². The third-order valence-corrected chi connectivity index (χ3v) is 4.28. The molecule has 0 bridgehead atoms. The van der Waals surface area contributed by atoms with Crippen LogP contribution in [0.4, 0.5) is 0 Å². The molecule has 1 N–H and O–H groups in total. The Balaban J connectivity index is 1.64. The van der Waals surface area contributed by atoms with Gasteiger partial charge in [0.15, 0.2) is 5.69 Å². The Bertz CT molecular complexity index is 905. The predicted octanol–water partition coefficient (Wildman–Crippen LogP) is 3.95. The highest BCUT2D eigenvalue weighted by molar-refractivity contribution is 6.30. The Hall–Kier alpha value is -2.86. The zero-order valence-corrected chi connectivity index (χ0v) is 16.0. The number of hydrogen-bond acceptors (Lipinski definition) is 4. The highest BCUT2D eigenvalue weighted by atomic mass is 35.5. The van der Waals surface area contributed by atoms with Gasteiger partial charge < -0.3 is 10.1 Å². The van der Waals surface area contributed by atoms with Crippen LogP contribution in [0.2, 0.25) is 5.02 Å². The molecule has 140 valence electrons. The zero-order chi connectivity index (χ0) is 19.2. The topological polar surface area (TPSA) is 69.0 Å². The second kappa shape index (κ2) is 8.68. The number of aromatic nitrogens is 3. The van der Waals surface area contributed by atoms with E-state index in [2.05, 4.69) is 22.6 Å². The second-order valence-corrected chi connectivity index (χ2v) is 6.52. The minimum atomic E-state index is -0.265. The van der Waals surface area contributed by atoms with Crippen LogP contribution in [-0.2, 0) is 6.54 Å². The van der Waals surface area contributed by atoms with Gasteiger partial charge in [-0.2, -0.15) is 0 Å². The van der Waals surface area contributed by atoms with Crippen LogP contribution in [0, 0.1) is 6.92 Å². The lowest BCUT2D eigenvalue weighted by molar-refractivity contribution is 0.0945. The molecule has 3 rings (SSSR count). The Morgan fingerprint density at radius 1 is 1.15 bits per heavy atom. The number of benzene rings is 2. The molecule has 0 aliphatic carbocycles. The number of ether oxygens (including phenoxy) is 1. The molecular formula is C20H21ClN4O2. The summed E-state index contributed by atoms with van der Waals surface area (Å²) in [4.78, 5) is 12.5. The van der Waals surface area contributed by atoms with E-state index >= 15 is 0 Å². The summed E-state index contributed by atoms with van der Waals surface area (Å²) in [6, 6.07) is 14.9. The lowest BCUT2D eigenvalue weighted by Gasteiger charge is -2.07. The normalized spacial score (nSPS) is 10.6. The van der Waals surface area contributed by atoms with Gasteiger partial charge in [0.2, 0.25) is 0 Å². The first-order chi connectivity index (χ1) is 13.1. The Labute approximate surface area is 163 Å². The number of amides is 1. The lowest BCUT2D eigenvalue weighted by atomic mass is 10.2. The van der Waals surface area contributed by atoms with Crippen LogP contribution < -0.4 is 10.1 Å². The van der Waals surface area contributed by atoms with Gasteiger partial charge in [0.05, 0.1) is 18.0 Å². The van der Waals surface area contributed by atoms with Crippen molar-refractivity contribution in [3.63, 3.8) is 0 Å². The monoisotopic (exact) mass is 384 g/mol. The summed E-state index contributed by atoms with van der Waals surface area (Å²) in [5.74, 6) is 0.563. The van der Waals surface area contributed by atoms with E-state index in [1.165, 1.54) is 0 Å². The van der Waals surface area contributed by atoms with Crippen molar-refractivity contribution in [3.8, 4) is 11.4 Å². The molecule has 7 heteroatoms. The standard InChI is InChI=1S/C20H21ClN4O2/c1-3-12-27-18-10-4-15(5-11-18)13-22-20(26)19-14(2)25(24-23-19)17-8-6-16(21)7-9-17/h4-11H,3,12-13H2,1-2H3,(H,22,26). The maximum absolute atomic E-state index is 12.5. The van der Waals surface area contributed by atoms with Crippen molar-refractivity contribution in [1.29, 1.82) is 0 Å². The lowest BCUT2D eigenvalue weighted by Crippen LogP contribution is -2.24. The number of carbonyl (C=O) groups is 1. The van der Waals surface area contributed by atoms with Gasteiger partial charge in [-0.15, -0.1) is 5.10 Å². The van der Waals surface area contributed by atoms with Crippen molar-refractivity contribution in [2.75, 3.05) is 6.61 Å². The average molecular weight is 385 g/mol. The van der Waals surface area contributed by atoms with Crippen molar-refractivity contribution in [2.45, 2.75) is 26.8 Å². The SMILES string of the molecule is CCCOc1ccc(CNC(=O)c2nnn(-c3ccc(Cl)cc3)c2C)cc1. The molecule has 1 heterocycles. The van der Waals surface area contributed by atoms with E-state index in [-0.39, 0.29) is 5.91 Å². The molecule has 2 aromatic carbocycles. The molecule has 3 aromatic rings. The minimum Gasteiger partial charge on any atom is -0.494 e. The number of nitrogens with one attached hydrogen (secondary N) is 1. The van der Waals surface area contributed by atoms with Crippen LogP contribution in [-0.4, -0.2) is 27.5 Å². The molecule has 0 radical (unpaired) electrons. The number of halogens is 1. The van der Waals surface area contributed by atoms with Gasteiger partial charge in [-0.3, -0.25) is 4.79 Å². The molecule has 0 fully saturated rings. The van der Waals surface area contributed by atoms with E-state index in [0.717, 1.165) is 23.4 Å². The highest BCUT2D eigenvalue weighted by Crippen LogP contribution is 2.16. The number of nitrogens with zero attached hydrogens (tertiary/aromatic N) is 3. The van der Waals surface area contributed by atoms with Crippen molar-refractivity contribution in [2.24, 2.45) is 0 Å². The molecule has 1 aromatic heterocycles. The summed E-state index contributed by atoms with van der Waals surface area (Å²) >= 11 is 5.91. The van der Waals surface area contributed by atoms with Crippen molar-refractivity contribution in [3.05, 3.63) is 70.5 Å². The summed E-state index contributed by atoms with van der Waals surface area (Å²) in [7, 11) is 0. The molecule has 0 aliphatic heterocycles. The summed E-state index contributed by atoms with van der Waals surface area (Å²) < 4.78 is 7.17. The van der Waals surface area contributed by atoms with Gasteiger partial charge >= 0.3 is 0 Å². The van der Waals surface area contributed by atoms with Gasteiger partial charge in [0.25, 0.3) is 5.91 Å². The van der Waals surface area contributed by atoms with E-state index in [0.29, 0.717) is 29.6 Å². The molecule has 1 amide bonds. The number of hydrogen-bond donors (Lipinski definition) is 1. The van der Waals surface area contributed by atoms with Gasteiger partial charge in [-0.05, 0) is 55.3 Å². The van der Waals surface area contributed by atoms with E-state index in [4.69, 9.17) is 16.3 Å². The Morgan fingerprint density at radius 2 is 1.85 bits per heavy atom. The first-order valence-electron chi connectivity index (χ1n) is 8.76. The van der Waals surface area contributed by atoms with Crippen molar-refractivity contribution in [1.82, 2.24) is 20.3 Å². The molecule has 27 heavy (non-hydrogen) atoms. The first-order valence-corrected chi connectivity index (χ1v) is 9.14. The van der Waals surface area contributed by atoms with Crippen molar-refractivity contribution >= 4 is 17.5 Å². The third kappa shape index (κ3) is 4.65. The zero-order valence-electron chi connectivity index (χ0n) is 15.3. The molecule has 0 saturated carbocycles. The fourth-order valence-corrected chi connectivity index (χ4v) is 2.68. The minimum absolute atomic E-state index is 0.265. The molecule has 0 unspecified atom stereocenters. The molecule has 0 saturated heterocycles. The average Bonchev–Trinajstić information content (AvgIpc) is 3.07. The van der Waals surface area contributed by atoms with Crippen LogP contribution in [0.3, 0.4) is 0 Å². The summed E-state index contributed by atoms with van der Waals surface area (Å²) in [6.45, 7) is 4.97. The molecule has 0 spiro atoms. The van der Waals surface area contributed by atoms with Gasteiger partial charge in [0, 0.05) is 11.6 Å². The Kier molecular flexibility index (Phi) is 6.08. The maximum Gasteiger partial charge on any atom is 0.274 e. The fourth-order valence-electron chi connectivity index (χ4n) is 2.56. The Morgan fingerprint density at radius 3 is 2.52 bits per heavy atom. The second-order valence-electron chi connectivity index (χ2n) is 6.09. The van der Waals surface area contributed by atoms with Crippen molar-refractivity contribution < 1.29 is 9.53 Å². The predicted molar refractivity (Wildman–Crippen MR) is 105 cm³/mol. The maximum atomic E-state index is 12.5. The van der Waals surface area contributed by atoms with E-state index in [9.17, 15) is 4.79 Å². The summed E-state index contributed by atoms with van der Waals surface area (Å²) in [5.41, 5.74) is 2.74. The summed E-state index contributed by atoms with van der Waals surface area (Å²) in [5, 5.41) is 11.6. The van der Waals surface area contributed by atoms with Crippen LogP contribution >= 0.6 is 11.6 Å². The van der Waals surface area contributed by atoms with Crippen LogP contribution in [0.1, 0.15) is 35.1 Å². The number of rotatable bonds is 7. The highest BCUT2D eigenvalue weighted by Gasteiger charge is 2.17. The molecule has 0 atom stereocenters. The van der Waals surface area contributed by atoms with Crippen LogP contribution in [0.25, 0.3) is 5.69 Å².